The number of carbonyl (C=O) groups is 2. The first-order valence-electron chi connectivity index (χ1n) is 9.91. The summed E-state index contributed by atoms with van der Waals surface area (Å²) in [7, 11) is 0. The maximum absolute atomic E-state index is 11.4. The lowest BCUT2D eigenvalue weighted by Crippen LogP contribution is -2.43. The van der Waals surface area contributed by atoms with Gasteiger partial charge in [-0.2, -0.15) is 0 Å². The van der Waals surface area contributed by atoms with E-state index in [9.17, 15) is 14.7 Å². The Morgan fingerprint density at radius 2 is 2.04 bits per heavy atom. The third kappa shape index (κ3) is 3.61. The highest BCUT2D eigenvalue weighted by Crippen LogP contribution is 2.53. The van der Waals surface area contributed by atoms with E-state index in [4.69, 9.17) is 19.7 Å². The van der Waals surface area contributed by atoms with Crippen molar-refractivity contribution < 1.29 is 34.4 Å². The van der Waals surface area contributed by atoms with E-state index < -0.39 is 24.1 Å². The van der Waals surface area contributed by atoms with Crippen LogP contribution in [0.2, 0.25) is 0 Å². The monoisotopic (exact) mass is 390 g/mol. The topological polar surface area (TPSA) is 113 Å². The fourth-order valence-corrected chi connectivity index (χ4v) is 5.40. The first kappa shape index (κ1) is 19.2. The molecular weight excluding hydrogens is 364 g/mol. The molecule has 2 fully saturated rings. The van der Waals surface area contributed by atoms with Gasteiger partial charge in [0, 0.05) is 24.8 Å². The van der Waals surface area contributed by atoms with Crippen LogP contribution in [0.15, 0.2) is 18.2 Å². The van der Waals surface area contributed by atoms with Crippen LogP contribution in [0.3, 0.4) is 0 Å². The van der Waals surface area contributed by atoms with Gasteiger partial charge >= 0.3 is 11.9 Å². The molecule has 0 bridgehead atoms. The lowest BCUT2D eigenvalue weighted by molar-refractivity contribution is -0.140. The van der Waals surface area contributed by atoms with E-state index in [1.807, 2.05) is 12.1 Å². The molecule has 1 aliphatic heterocycles. The molecule has 1 heterocycles. The zero-order chi connectivity index (χ0) is 19.9. The summed E-state index contributed by atoms with van der Waals surface area (Å²) < 4.78 is 11.6. The summed E-state index contributed by atoms with van der Waals surface area (Å²) in [5, 5.41) is 29.2. The minimum atomic E-state index is -1.03. The van der Waals surface area contributed by atoms with E-state index in [0.29, 0.717) is 25.0 Å². The van der Waals surface area contributed by atoms with Gasteiger partial charge in [0.05, 0.1) is 17.8 Å². The second-order valence-electron chi connectivity index (χ2n) is 8.34. The van der Waals surface area contributed by atoms with Crippen LogP contribution >= 0.6 is 0 Å². The third-order valence-electron chi connectivity index (χ3n) is 6.61. The molecule has 1 aromatic rings. The zero-order valence-electron chi connectivity index (χ0n) is 15.7. The molecule has 0 amide bonds. The maximum atomic E-state index is 11.4. The summed E-state index contributed by atoms with van der Waals surface area (Å²) in [4.78, 5) is 21.7. The molecule has 3 aliphatic rings. The van der Waals surface area contributed by atoms with Crippen molar-refractivity contribution >= 4 is 11.9 Å². The van der Waals surface area contributed by atoms with Crippen molar-refractivity contribution in [3.05, 3.63) is 29.3 Å². The minimum Gasteiger partial charge on any atom is -0.482 e. The molecule has 1 unspecified atom stereocenters. The SMILES string of the molecule is O=C(O)CCC1CC[C@@H]2[C@H]3Cc4cccc(OCC(=O)O)c4C[C@@]3(O)C[C@H]2O1. The van der Waals surface area contributed by atoms with E-state index in [1.54, 1.807) is 6.07 Å². The molecule has 1 saturated heterocycles. The van der Waals surface area contributed by atoms with Crippen LogP contribution in [0.1, 0.15) is 43.2 Å². The van der Waals surface area contributed by atoms with Gasteiger partial charge in [0.1, 0.15) is 5.75 Å². The second kappa shape index (κ2) is 7.37. The van der Waals surface area contributed by atoms with Crippen molar-refractivity contribution in [3.8, 4) is 5.75 Å². The Morgan fingerprint density at radius 3 is 2.79 bits per heavy atom. The van der Waals surface area contributed by atoms with Gasteiger partial charge in [0.25, 0.3) is 0 Å². The van der Waals surface area contributed by atoms with Crippen LogP contribution < -0.4 is 4.74 Å². The summed E-state index contributed by atoms with van der Waals surface area (Å²) in [5.41, 5.74) is 1.10. The van der Waals surface area contributed by atoms with E-state index in [2.05, 4.69) is 0 Å². The number of ether oxygens (including phenoxy) is 2. The zero-order valence-corrected chi connectivity index (χ0v) is 15.7. The highest BCUT2D eigenvalue weighted by Gasteiger charge is 2.56. The predicted octanol–water partition coefficient (Wildman–Crippen LogP) is 2.03. The summed E-state index contributed by atoms with van der Waals surface area (Å²) in [5.74, 6) is -0.948. The van der Waals surface area contributed by atoms with Gasteiger partial charge in [-0.05, 0) is 49.1 Å². The Labute approximate surface area is 163 Å². The molecule has 4 rings (SSSR count). The molecule has 2 aliphatic carbocycles. The number of benzene rings is 1. The van der Waals surface area contributed by atoms with Crippen molar-refractivity contribution in [2.24, 2.45) is 11.8 Å². The summed E-state index contributed by atoms with van der Waals surface area (Å²) in [6.45, 7) is -0.405. The lowest BCUT2D eigenvalue weighted by atomic mass is 9.70. The number of hydrogen-bond acceptors (Lipinski definition) is 5. The molecule has 0 radical (unpaired) electrons. The number of hydrogen-bond donors (Lipinski definition) is 3. The quantitative estimate of drug-likeness (QED) is 0.681. The molecular formula is C21H26O7. The van der Waals surface area contributed by atoms with Gasteiger partial charge in [-0.15, -0.1) is 0 Å². The molecule has 28 heavy (non-hydrogen) atoms. The van der Waals surface area contributed by atoms with E-state index in [-0.39, 0.29) is 30.5 Å². The van der Waals surface area contributed by atoms with Crippen LogP contribution in [0.5, 0.6) is 5.75 Å². The Bertz CT molecular complexity index is 776. The number of aliphatic carboxylic acids is 2. The third-order valence-corrected chi connectivity index (χ3v) is 6.61. The normalized spacial score (nSPS) is 33.5. The largest absolute Gasteiger partial charge is 0.482 e. The molecule has 152 valence electrons. The van der Waals surface area contributed by atoms with Crippen molar-refractivity contribution in [1.82, 2.24) is 0 Å². The maximum Gasteiger partial charge on any atom is 0.341 e. The molecule has 1 aromatic carbocycles. The fourth-order valence-electron chi connectivity index (χ4n) is 5.40. The van der Waals surface area contributed by atoms with Crippen LogP contribution in [-0.2, 0) is 27.2 Å². The average Bonchev–Trinajstić information content (AvgIpc) is 2.93. The van der Waals surface area contributed by atoms with E-state index in [1.165, 1.54) is 0 Å². The number of carboxylic acids is 2. The molecule has 7 nitrogen and oxygen atoms in total. The Hall–Kier alpha value is -2.12. The van der Waals surface area contributed by atoms with Crippen molar-refractivity contribution in [2.75, 3.05) is 6.61 Å². The lowest BCUT2D eigenvalue weighted by Gasteiger charge is -2.39. The minimum absolute atomic E-state index is 0.0553. The fraction of sp³-hybridized carbons (Fsp3) is 0.619. The van der Waals surface area contributed by atoms with Crippen LogP contribution in [0.25, 0.3) is 0 Å². The molecule has 3 N–H and O–H groups in total. The van der Waals surface area contributed by atoms with Gasteiger partial charge < -0.3 is 24.8 Å². The standard InChI is InChI=1S/C21H26O7/c22-19(23)7-5-13-4-6-14-16-8-12-2-1-3-17(27-11-20(24)25)15(12)9-21(16,26)10-18(14)28-13/h1-3,13-14,16,18,26H,4-11H2,(H,22,23)(H,24,25)/t13?,14-,16-,18-,21-/m1/s1. The molecule has 5 atom stereocenters. The average molecular weight is 390 g/mol. The summed E-state index contributed by atoms with van der Waals surface area (Å²) in [6, 6.07) is 5.65. The Balaban J connectivity index is 1.50. The van der Waals surface area contributed by atoms with E-state index >= 15 is 0 Å². The molecule has 7 heteroatoms. The molecule has 0 aromatic heterocycles. The molecule has 1 saturated carbocycles. The van der Waals surface area contributed by atoms with Gasteiger partial charge in [-0.1, -0.05) is 12.1 Å². The van der Waals surface area contributed by atoms with Crippen molar-refractivity contribution in [1.29, 1.82) is 0 Å². The number of rotatable bonds is 6. The molecule has 0 spiro atoms. The Kier molecular flexibility index (Phi) is 5.05. The highest BCUT2D eigenvalue weighted by atomic mass is 16.5. The summed E-state index contributed by atoms with van der Waals surface area (Å²) in [6.07, 6.45) is 3.94. The first-order valence-corrected chi connectivity index (χ1v) is 9.91. The smallest absolute Gasteiger partial charge is 0.341 e. The van der Waals surface area contributed by atoms with Crippen LogP contribution in [0, 0.1) is 11.8 Å². The van der Waals surface area contributed by atoms with Crippen LogP contribution in [0.4, 0.5) is 0 Å². The van der Waals surface area contributed by atoms with Gasteiger partial charge in [0.15, 0.2) is 6.61 Å². The van der Waals surface area contributed by atoms with Gasteiger partial charge in [-0.25, -0.2) is 4.79 Å². The van der Waals surface area contributed by atoms with Crippen LogP contribution in [-0.4, -0.2) is 51.7 Å². The van der Waals surface area contributed by atoms with Gasteiger partial charge in [0.2, 0.25) is 0 Å². The number of carboxylic acid groups (broad SMARTS) is 2. The second-order valence-corrected chi connectivity index (χ2v) is 8.34. The number of fused-ring (bicyclic) bond motifs is 4. The Morgan fingerprint density at radius 1 is 1.21 bits per heavy atom. The van der Waals surface area contributed by atoms with Gasteiger partial charge in [-0.3, -0.25) is 4.79 Å². The van der Waals surface area contributed by atoms with Crippen molar-refractivity contribution in [3.63, 3.8) is 0 Å². The highest BCUT2D eigenvalue weighted by molar-refractivity contribution is 5.68. The predicted molar refractivity (Wildman–Crippen MR) is 98.3 cm³/mol. The summed E-state index contributed by atoms with van der Waals surface area (Å²) >= 11 is 0. The first-order chi connectivity index (χ1) is 13.4. The van der Waals surface area contributed by atoms with E-state index in [0.717, 1.165) is 30.4 Å². The van der Waals surface area contributed by atoms with Crippen molar-refractivity contribution in [2.45, 2.75) is 62.8 Å². The number of aliphatic hydroxyl groups is 1.